The van der Waals surface area contributed by atoms with E-state index in [0.717, 1.165) is 23.9 Å². The lowest BCUT2D eigenvalue weighted by Crippen LogP contribution is -2.14. The van der Waals surface area contributed by atoms with Crippen LogP contribution in [0.15, 0.2) is 10.4 Å². The first kappa shape index (κ1) is 17.8. The smallest absolute Gasteiger partial charge is 0.265 e. The third-order valence-corrected chi connectivity index (χ3v) is 5.62. The Morgan fingerprint density at radius 3 is 2.92 bits per heavy atom. The van der Waals surface area contributed by atoms with Crippen molar-refractivity contribution in [1.29, 1.82) is 5.26 Å². The second kappa shape index (κ2) is 7.45. The molecule has 25 heavy (non-hydrogen) atoms. The number of thiazole rings is 1. The van der Waals surface area contributed by atoms with Gasteiger partial charge in [-0.25, -0.2) is 18.7 Å². The highest BCUT2D eigenvalue weighted by Gasteiger charge is 2.28. The molecule has 9 heteroatoms. The van der Waals surface area contributed by atoms with Crippen LogP contribution in [0.3, 0.4) is 0 Å². The van der Waals surface area contributed by atoms with Gasteiger partial charge in [-0.1, -0.05) is 11.8 Å². The normalized spacial score (nSPS) is 12.9. The molecule has 2 aromatic rings. The summed E-state index contributed by atoms with van der Waals surface area (Å²) in [6, 6.07) is 1.85. The van der Waals surface area contributed by atoms with Gasteiger partial charge < -0.3 is 5.32 Å². The number of nitriles is 1. The average molecular weight is 380 g/mol. The molecule has 0 spiro atoms. The lowest BCUT2D eigenvalue weighted by atomic mass is 10.0. The fourth-order valence-corrected chi connectivity index (χ4v) is 4.26. The molecule has 0 aliphatic heterocycles. The van der Waals surface area contributed by atoms with Crippen LogP contribution in [0, 0.1) is 18.3 Å². The molecule has 2 aromatic heterocycles. The summed E-state index contributed by atoms with van der Waals surface area (Å²) >= 11 is 2.31. The summed E-state index contributed by atoms with van der Waals surface area (Å²) in [5.41, 5.74) is 1.59. The molecule has 1 aliphatic rings. The quantitative estimate of drug-likeness (QED) is 0.797. The number of pyridine rings is 1. The van der Waals surface area contributed by atoms with Gasteiger partial charge in [-0.2, -0.15) is 5.26 Å². The summed E-state index contributed by atoms with van der Waals surface area (Å²) in [6.07, 6.45) is -0.828. The summed E-state index contributed by atoms with van der Waals surface area (Å²) in [5, 5.41) is 14.5. The van der Waals surface area contributed by atoms with Gasteiger partial charge in [0.2, 0.25) is 5.91 Å². The fraction of sp³-hybridized carbons (Fsp3) is 0.375. The van der Waals surface area contributed by atoms with Crippen LogP contribution in [0.25, 0.3) is 0 Å². The van der Waals surface area contributed by atoms with Gasteiger partial charge in [0.05, 0.1) is 17.0 Å². The fourth-order valence-electron chi connectivity index (χ4n) is 2.74. The summed E-state index contributed by atoms with van der Waals surface area (Å²) in [7, 11) is 0. The number of alkyl halides is 2. The summed E-state index contributed by atoms with van der Waals surface area (Å²) < 4.78 is 26.9. The standard InChI is InChI=1S/C16H14F2N4OS2/c1-8-6-25-16(20-8)22-12(23)7-24-15-10(5-19)13(14(17)18)9-3-2-4-11(9)21-15/h6,14H,2-4,7H2,1H3,(H,20,22,23). The van der Waals surface area contributed by atoms with E-state index < -0.39 is 6.43 Å². The highest BCUT2D eigenvalue weighted by Crippen LogP contribution is 2.37. The minimum Gasteiger partial charge on any atom is -0.301 e. The Bertz CT molecular complexity index is 861. The number of thioether (sulfide) groups is 1. The molecule has 130 valence electrons. The van der Waals surface area contributed by atoms with Gasteiger partial charge in [-0.05, 0) is 31.7 Å². The Hall–Kier alpha value is -2.05. The molecule has 0 atom stereocenters. The first-order chi connectivity index (χ1) is 12.0. The van der Waals surface area contributed by atoms with Crippen molar-refractivity contribution in [2.45, 2.75) is 37.6 Å². The van der Waals surface area contributed by atoms with Gasteiger partial charge in [-0.15, -0.1) is 11.3 Å². The van der Waals surface area contributed by atoms with Gasteiger partial charge in [0, 0.05) is 16.6 Å². The third kappa shape index (κ3) is 3.80. The van der Waals surface area contributed by atoms with Crippen LogP contribution >= 0.6 is 23.1 Å². The molecule has 1 amide bonds. The molecule has 0 fully saturated rings. The number of aromatic nitrogens is 2. The van der Waals surface area contributed by atoms with E-state index in [1.54, 1.807) is 0 Å². The van der Waals surface area contributed by atoms with Gasteiger partial charge in [-0.3, -0.25) is 4.79 Å². The highest BCUT2D eigenvalue weighted by molar-refractivity contribution is 8.00. The number of carbonyl (C=O) groups is 1. The highest BCUT2D eigenvalue weighted by atomic mass is 32.2. The van der Waals surface area contributed by atoms with Gasteiger partial charge in [0.15, 0.2) is 5.13 Å². The number of aryl methyl sites for hydroxylation is 2. The lowest BCUT2D eigenvalue weighted by molar-refractivity contribution is -0.113. The van der Waals surface area contributed by atoms with E-state index in [1.165, 1.54) is 11.3 Å². The molecular formula is C16H14F2N4OS2. The predicted molar refractivity (Wildman–Crippen MR) is 92.1 cm³/mol. The van der Waals surface area contributed by atoms with Crippen molar-refractivity contribution in [3.8, 4) is 6.07 Å². The number of hydrogen-bond acceptors (Lipinski definition) is 6. The molecule has 0 aromatic carbocycles. The molecule has 0 radical (unpaired) electrons. The molecular weight excluding hydrogens is 366 g/mol. The second-order valence-electron chi connectivity index (χ2n) is 5.53. The van der Waals surface area contributed by atoms with E-state index in [9.17, 15) is 18.8 Å². The van der Waals surface area contributed by atoms with Crippen LogP contribution in [-0.2, 0) is 17.6 Å². The predicted octanol–water partition coefficient (Wildman–Crippen LogP) is 3.88. The first-order valence-corrected chi connectivity index (χ1v) is 9.44. The van der Waals surface area contributed by atoms with E-state index in [4.69, 9.17) is 0 Å². The third-order valence-electron chi connectivity index (χ3n) is 3.77. The maximum Gasteiger partial charge on any atom is 0.265 e. The van der Waals surface area contributed by atoms with Crippen LogP contribution in [0.1, 0.15) is 40.9 Å². The zero-order valence-corrected chi connectivity index (χ0v) is 14.9. The number of hydrogen-bond donors (Lipinski definition) is 1. The van der Waals surface area contributed by atoms with Crippen LogP contribution in [-0.4, -0.2) is 21.6 Å². The van der Waals surface area contributed by atoms with Crippen LogP contribution < -0.4 is 5.32 Å². The van der Waals surface area contributed by atoms with E-state index in [2.05, 4.69) is 15.3 Å². The van der Waals surface area contributed by atoms with Gasteiger partial charge >= 0.3 is 0 Å². The Balaban J connectivity index is 1.79. The zero-order valence-electron chi connectivity index (χ0n) is 13.3. The second-order valence-corrected chi connectivity index (χ2v) is 7.35. The number of carbonyl (C=O) groups excluding carboxylic acids is 1. The van der Waals surface area contributed by atoms with Crippen LogP contribution in [0.5, 0.6) is 0 Å². The van der Waals surface area contributed by atoms with Gasteiger partial charge in [0.1, 0.15) is 11.1 Å². The van der Waals surface area contributed by atoms with Crippen molar-refractivity contribution in [3.63, 3.8) is 0 Å². The molecule has 1 aliphatic carbocycles. The summed E-state index contributed by atoms with van der Waals surface area (Å²) in [6.45, 7) is 1.82. The Labute approximate surface area is 151 Å². The number of rotatable bonds is 5. The van der Waals surface area contributed by atoms with Crippen molar-refractivity contribution >= 4 is 34.1 Å². The van der Waals surface area contributed by atoms with Crippen molar-refractivity contribution in [1.82, 2.24) is 9.97 Å². The Kier molecular flexibility index (Phi) is 5.30. The molecule has 0 unspecified atom stereocenters. The minimum absolute atomic E-state index is 0.0260. The molecule has 3 rings (SSSR count). The Morgan fingerprint density at radius 2 is 2.28 bits per heavy atom. The first-order valence-electron chi connectivity index (χ1n) is 7.58. The topological polar surface area (TPSA) is 78.7 Å². The molecule has 2 heterocycles. The summed E-state index contributed by atoms with van der Waals surface area (Å²) in [5.74, 6) is -0.342. The Morgan fingerprint density at radius 1 is 1.48 bits per heavy atom. The van der Waals surface area contributed by atoms with E-state index in [0.29, 0.717) is 29.2 Å². The zero-order chi connectivity index (χ0) is 18.0. The molecule has 0 saturated carbocycles. The van der Waals surface area contributed by atoms with Crippen molar-refractivity contribution < 1.29 is 13.6 Å². The number of nitrogens with zero attached hydrogens (tertiary/aromatic N) is 3. The summed E-state index contributed by atoms with van der Waals surface area (Å²) in [4.78, 5) is 20.5. The number of nitrogens with one attached hydrogen (secondary N) is 1. The van der Waals surface area contributed by atoms with E-state index in [-0.39, 0.29) is 27.8 Å². The number of fused-ring (bicyclic) bond motifs is 1. The van der Waals surface area contributed by atoms with Crippen molar-refractivity contribution in [2.24, 2.45) is 0 Å². The SMILES string of the molecule is Cc1csc(NC(=O)CSc2nc3c(c(C(F)F)c2C#N)CCC3)n1. The maximum absolute atomic E-state index is 13.5. The number of anilines is 1. The molecule has 5 nitrogen and oxygen atoms in total. The van der Waals surface area contributed by atoms with Crippen molar-refractivity contribution in [2.75, 3.05) is 11.1 Å². The largest absolute Gasteiger partial charge is 0.301 e. The maximum atomic E-state index is 13.5. The average Bonchev–Trinajstić information content (AvgIpc) is 3.19. The molecule has 1 N–H and O–H groups in total. The lowest BCUT2D eigenvalue weighted by Gasteiger charge is -2.13. The van der Waals surface area contributed by atoms with Crippen LogP contribution in [0.4, 0.5) is 13.9 Å². The number of amides is 1. The van der Waals surface area contributed by atoms with Crippen molar-refractivity contribution in [3.05, 3.63) is 33.5 Å². The van der Waals surface area contributed by atoms with E-state index >= 15 is 0 Å². The molecule has 0 bridgehead atoms. The number of halogens is 2. The van der Waals surface area contributed by atoms with Gasteiger partial charge in [0.25, 0.3) is 6.43 Å². The molecule has 0 saturated heterocycles. The monoisotopic (exact) mass is 380 g/mol. The van der Waals surface area contributed by atoms with E-state index in [1.807, 2.05) is 18.4 Å². The minimum atomic E-state index is -2.73. The van der Waals surface area contributed by atoms with Crippen LogP contribution in [0.2, 0.25) is 0 Å².